The van der Waals surface area contributed by atoms with Gasteiger partial charge < -0.3 is 14.8 Å². The second-order valence-electron chi connectivity index (χ2n) is 7.50. The van der Waals surface area contributed by atoms with Crippen LogP contribution in [0.4, 0.5) is 0 Å². The molecule has 7 heteroatoms. The summed E-state index contributed by atoms with van der Waals surface area (Å²) in [6.07, 6.45) is 2.47. The summed E-state index contributed by atoms with van der Waals surface area (Å²) in [5.74, 6) is 1.15. The fraction of sp³-hybridized carbons (Fsp3) is 0.364. The van der Waals surface area contributed by atoms with Crippen LogP contribution in [0.5, 0.6) is 0 Å². The molecule has 0 bridgehead atoms. The summed E-state index contributed by atoms with van der Waals surface area (Å²) in [6, 6.07) is 9.61. The third-order valence-corrected chi connectivity index (χ3v) is 5.61. The Kier molecular flexibility index (Phi) is 5.29. The van der Waals surface area contributed by atoms with Crippen molar-refractivity contribution in [2.45, 2.75) is 46.1 Å². The van der Waals surface area contributed by atoms with Gasteiger partial charge in [-0.25, -0.2) is 4.98 Å². The summed E-state index contributed by atoms with van der Waals surface area (Å²) in [6.45, 7) is 4.11. The Bertz CT molecular complexity index is 1070. The zero-order valence-electron chi connectivity index (χ0n) is 16.6. The molecule has 0 saturated carbocycles. The number of nitrogens with one attached hydrogen (secondary N) is 2. The molecule has 1 amide bonds. The number of aromatic nitrogens is 3. The lowest BCUT2D eigenvalue weighted by atomic mass is 9.98. The molecule has 4 rings (SSSR count). The minimum Gasteiger partial charge on any atom is -0.361 e. The number of hydrogen-bond acceptors (Lipinski definition) is 5. The minimum atomic E-state index is -0.149. The molecule has 0 fully saturated rings. The predicted molar refractivity (Wildman–Crippen MR) is 108 cm³/mol. The van der Waals surface area contributed by atoms with Crippen LogP contribution in [0.2, 0.25) is 0 Å². The fourth-order valence-corrected chi connectivity index (χ4v) is 3.85. The molecule has 1 unspecified atom stereocenters. The van der Waals surface area contributed by atoms with E-state index in [9.17, 15) is 9.59 Å². The average molecular weight is 392 g/mol. The van der Waals surface area contributed by atoms with Crippen molar-refractivity contribution in [1.29, 1.82) is 0 Å². The number of aryl methyl sites for hydroxylation is 3. The Hall–Kier alpha value is -3.22. The molecule has 150 valence electrons. The molecule has 1 aliphatic carbocycles. The third kappa shape index (κ3) is 3.99. The molecule has 2 aromatic heterocycles. The van der Waals surface area contributed by atoms with E-state index in [0.717, 1.165) is 28.3 Å². The van der Waals surface area contributed by atoms with Crippen LogP contribution in [0, 0.1) is 19.8 Å². The molecule has 2 N–H and O–H groups in total. The van der Waals surface area contributed by atoms with Crippen LogP contribution in [0.3, 0.4) is 0 Å². The standard InChI is InChI=1S/C22H24N4O3/c1-13-18(14(2)29-26-13)12-23-21(27)16-8-10-17-19(11-9-16)24-20(25-22(17)28)15-6-4-3-5-7-15/h3-7,16H,8-12H2,1-2H3,(H,23,27)(H,24,25,28). The van der Waals surface area contributed by atoms with Gasteiger partial charge in [0.25, 0.3) is 5.56 Å². The van der Waals surface area contributed by atoms with Crippen molar-refractivity contribution in [3.63, 3.8) is 0 Å². The smallest absolute Gasteiger partial charge is 0.254 e. The average Bonchev–Trinajstić information content (AvgIpc) is 2.92. The normalized spacial score (nSPS) is 16.1. The topological polar surface area (TPSA) is 101 Å². The van der Waals surface area contributed by atoms with Crippen LogP contribution in [0.15, 0.2) is 39.6 Å². The van der Waals surface area contributed by atoms with Gasteiger partial charge in [-0.1, -0.05) is 35.5 Å². The van der Waals surface area contributed by atoms with E-state index in [4.69, 9.17) is 9.51 Å². The lowest BCUT2D eigenvalue weighted by molar-refractivity contribution is -0.125. The molecule has 0 saturated heterocycles. The number of amides is 1. The maximum Gasteiger partial charge on any atom is 0.254 e. The summed E-state index contributed by atoms with van der Waals surface area (Å²) < 4.78 is 5.15. The molecule has 7 nitrogen and oxygen atoms in total. The second-order valence-corrected chi connectivity index (χ2v) is 7.50. The van der Waals surface area contributed by atoms with Crippen LogP contribution in [-0.4, -0.2) is 21.0 Å². The first-order valence-corrected chi connectivity index (χ1v) is 9.90. The highest BCUT2D eigenvalue weighted by atomic mass is 16.5. The van der Waals surface area contributed by atoms with Gasteiger partial charge in [-0.3, -0.25) is 9.59 Å². The number of H-pyrrole nitrogens is 1. The van der Waals surface area contributed by atoms with E-state index >= 15 is 0 Å². The predicted octanol–water partition coefficient (Wildman–Crippen LogP) is 2.85. The molecular formula is C22H24N4O3. The molecule has 1 aromatic carbocycles. The molecular weight excluding hydrogens is 368 g/mol. The Morgan fingerprint density at radius 2 is 1.97 bits per heavy atom. The highest BCUT2D eigenvalue weighted by molar-refractivity contribution is 5.78. The van der Waals surface area contributed by atoms with Crippen LogP contribution < -0.4 is 10.9 Å². The maximum absolute atomic E-state index is 12.7. The quantitative estimate of drug-likeness (QED) is 0.665. The Balaban J connectivity index is 1.47. The molecule has 0 spiro atoms. The first-order chi connectivity index (χ1) is 14.0. The summed E-state index contributed by atoms with van der Waals surface area (Å²) in [5, 5.41) is 6.92. The molecule has 3 aromatic rings. The van der Waals surface area contributed by atoms with Gasteiger partial charge in [0.1, 0.15) is 11.6 Å². The molecule has 0 radical (unpaired) electrons. The van der Waals surface area contributed by atoms with E-state index in [1.165, 1.54) is 0 Å². The van der Waals surface area contributed by atoms with Crippen molar-refractivity contribution in [3.8, 4) is 11.4 Å². The van der Waals surface area contributed by atoms with Gasteiger partial charge in [-0.2, -0.15) is 0 Å². The Labute approximate surface area is 168 Å². The minimum absolute atomic E-state index is 0.00230. The monoisotopic (exact) mass is 392 g/mol. The summed E-state index contributed by atoms with van der Waals surface area (Å²) >= 11 is 0. The number of benzene rings is 1. The van der Waals surface area contributed by atoms with Crippen LogP contribution in [0.1, 0.15) is 41.1 Å². The Morgan fingerprint density at radius 1 is 1.21 bits per heavy atom. The van der Waals surface area contributed by atoms with Crippen LogP contribution in [0.25, 0.3) is 11.4 Å². The number of fused-ring (bicyclic) bond motifs is 1. The van der Waals surface area contributed by atoms with Crippen LogP contribution in [-0.2, 0) is 24.2 Å². The van der Waals surface area contributed by atoms with Crippen molar-refractivity contribution in [2.24, 2.45) is 5.92 Å². The van der Waals surface area contributed by atoms with E-state index in [2.05, 4.69) is 15.5 Å². The third-order valence-electron chi connectivity index (χ3n) is 5.61. The van der Waals surface area contributed by atoms with E-state index in [-0.39, 0.29) is 17.4 Å². The number of aromatic amines is 1. The van der Waals surface area contributed by atoms with Crippen molar-refractivity contribution in [1.82, 2.24) is 20.4 Å². The van der Waals surface area contributed by atoms with Gasteiger partial charge in [0.2, 0.25) is 5.91 Å². The molecule has 29 heavy (non-hydrogen) atoms. The summed E-state index contributed by atoms with van der Waals surface area (Å²) in [5.41, 5.74) is 3.98. The van der Waals surface area contributed by atoms with E-state index < -0.39 is 0 Å². The van der Waals surface area contributed by atoms with Gasteiger partial charge >= 0.3 is 0 Å². The number of rotatable bonds is 4. The van der Waals surface area contributed by atoms with Crippen molar-refractivity contribution < 1.29 is 9.32 Å². The van der Waals surface area contributed by atoms with Gasteiger partial charge in [0.05, 0.1) is 11.4 Å². The highest BCUT2D eigenvalue weighted by Crippen LogP contribution is 2.24. The zero-order valence-corrected chi connectivity index (χ0v) is 16.6. The van der Waals surface area contributed by atoms with Crippen LogP contribution >= 0.6 is 0 Å². The maximum atomic E-state index is 12.7. The van der Waals surface area contributed by atoms with E-state index in [1.54, 1.807) is 0 Å². The number of carbonyl (C=O) groups is 1. The lowest BCUT2D eigenvalue weighted by Crippen LogP contribution is -2.30. The molecule has 1 aliphatic rings. The second kappa shape index (κ2) is 8.03. The molecule has 0 aliphatic heterocycles. The van der Waals surface area contributed by atoms with Crippen molar-refractivity contribution in [2.75, 3.05) is 0 Å². The zero-order chi connectivity index (χ0) is 20.4. The Morgan fingerprint density at radius 3 is 2.69 bits per heavy atom. The number of carbonyl (C=O) groups excluding carboxylic acids is 1. The number of nitrogens with zero attached hydrogens (tertiary/aromatic N) is 2. The summed E-state index contributed by atoms with van der Waals surface area (Å²) in [4.78, 5) is 32.9. The molecule has 1 atom stereocenters. The lowest BCUT2D eigenvalue weighted by Gasteiger charge is -2.13. The summed E-state index contributed by atoms with van der Waals surface area (Å²) in [7, 11) is 0. The largest absolute Gasteiger partial charge is 0.361 e. The van der Waals surface area contributed by atoms with Gasteiger partial charge in [0.15, 0.2) is 0 Å². The van der Waals surface area contributed by atoms with E-state index in [1.807, 2.05) is 44.2 Å². The first kappa shape index (κ1) is 19.1. The number of hydrogen-bond donors (Lipinski definition) is 2. The van der Waals surface area contributed by atoms with Gasteiger partial charge in [-0.15, -0.1) is 0 Å². The SMILES string of the molecule is Cc1noc(C)c1CNC(=O)C1CCc2nc(-c3ccccc3)[nH]c(=O)c2CC1. The van der Waals surface area contributed by atoms with Crippen molar-refractivity contribution >= 4 is 5.91 Å². The molecule has 2 heterocycles. The highest BCUT2D eigenvalue weighted by Gasteiger charge is 2.25. The van der Waals surface area contributed by atoms with Gasteiger partial charge in [-0.05, 0) is 39.5 Å². The van der Waals surface area contributed by atoms with E-state index in [0.29, 0.717) is 43.6 Å². The van der Waals surface area contributed by atoms with Crippen molar-refractivity contribution in [3.05, 3.63) is 69.0 Å². The van der Waals surface area contributed by atoms with Gasteiger partial charge in [0, 0.05) is 29.2 Å². The fourth-order valence-electron chi connectivity index (χ4n) is 3.85. The first-order valence-electron chi connectivity index (χ1n) is 9.90.